The van der Waals surface area contributed by atoms with Crippen molar-refractivity contribution < 1.29 is 28.7 Å². The van der Waals surface area contributed by atoms with E-state index in [1.807, 2.05) is 0 Å². The van der Waals surface area contributed by atoms with Gasteiger partial charge in [-0.05, 0) is 13.6 Å². The summed E-state index contributed by atoms with van der Waals surface area (Å²) >= 11 is 0. The molecule has 0 spiro atoms. The quantitative estimate of drug-likeness (QED) is 0.380. The fourth-order valence-electron chi connectivity index (χ4n) is 0.354. The van der Waals surface area contributed by atoms with E-state index in [-0.39, 0.29) is 0 Å². The molecule has 9 heteroatoms. The third kappa shape index (κ3) is 1.82. The molecule has 0 aliphatic heterocycles. The van der Waals surface area contributed by atoms with E-state index in [0.29, 0.717) is 6.92 Å². The Morgan fingerprint density at radius 1 is 1.17 bits per heavy atom. The van der Waals surface area contributed by atoms with Crippen LogP contribution in [0.1, 0.15) is 6.92 Å². The van der Waals surface area contributed by atoms with E-state index in [1.54, 1.807) is 0 Å². The van der Waals surface area contributed by atoms with Crippen molar-refractivity contribution in [2.24, 2.45) is 4.99 Å². The monoisotopic (exact) mass is 217 g/mol. The minimum absolute atomic E-state index is 0.654. The molecular weight excluding hydrogens is 208 g/mol. The van der Waals surface area contributed by atoms with Gasteiger partial charge in [0.05, 0.1) is 0 Å². The Kier molecular flexibility index (Phi) is 3.02. The van der Waals surface area contributed by atoms with E-state index >= 15 is 0 Å². The molecular formula is C3H9NO6P2. The fraction of sp³-hybridized carbons (Fsp3) is 0.667. The molecule has 0 rings (SSSR count). The first-order valence-corrected chi connectivity index (χ1v) is 5.88. The normalized spacial score (nSPS) is 14.4. The van der Waals surface area contributed by atoms with Crippen LogP contribution < -0.4 is 0 Å². The van der Waals surface area contributed by atoms with Gasteiger partial charge in [-0.25, -0.2) is 0 Å². The van der Waals surface area contributed by atoms with E-state index < -0.39 is 20.2 Å². The Morgan fingerprint density at radius 2 is 1.42 bits per heavy atom. The van der Waals surface area contributed by atoms with Crippen LogP contribution in [0.3, 0.4) is 0 Å². The maximum Gasteiger partial charge on any atom is 0.365 e. The van der Waals surface area contributed by atoms with E-state index in [1.165, 1.54) is 0 Å². The summed E-state index contributed by atoms with van der Waals surface area (Å²) in [7, 11) is -10.0. The zero-order valence-electron chi connectivity index (χ0n) is 6.15. The number of hydrogen-bond acceptors (Lipinski definition) is 3. The summed E-state index contributed by atoms with van der Waals surface area (Å²) in [6.45, 7) is 3.39. The van der Waals surface area contributed by atoms with Crippen molar-refractivity contribution in [3.63, 3.8) is 0 Å². The van der Waals surface area contributed by atoms with Crippen LogP contribution in [0.15, 0.2) is 4.99 Å². The van der Waals surface area contributed by atoms with Gasteiger partial charge in [0.15, 0.2) is 0 Å². The minimum Gasteiger partial charge on any atom is -0.322 e. The lowest BCUT2D eigenvalue weighted by Crippen LogP contribution is -2.21. The highest BCUT2D eigenvalue weighted by Gasteiger charge is 2.56. The third-order valence-corrected chi connectivity index (χ3v) is 5.46. The van der Waals surface area contributed by atoms with Crippen LogP contribution in [0.2, 0.25) is 0 Å². The Labute approximate surface area is 68.5 Å². The van der Waals surface area contributed by atoms with Gasteiger partial charge in [-0.2, -0.15) is 0 Å². The zero-order valence-corrected chi connectivity index (χ0v) is 7.94. The second-order valence-corrected chi connectivity index (χ2v) is 6.49. The lowest BCUT2D eigenvalue weighted by atomic mass is 10.8. The van der Waals surface area contributed by atoms with Gasteiger partial charge in [0.2, 0.25) is 0 Å². The van der Waals surface area contributed by atoms with Crippen molar-refractivity contribution in [3.05, 3.63) is 0 Å². The van der Waals surface area contributed by atoms with Crippen molar-refractivity contribution in [1.29, 1.82) is 0 Å². The Bertz CT molecular complexity index is 253. The fourth-order valence-corrected chi connectivity index (χ4v) is 2.08. The van der Waals surface area contributed by atoms with Gasteiger partial charge < -0.3 is 19.6 Å². The molecule has 0 unspecified atom stereocenters. The predicted octanol–water partition coefficient (Wildman–Crippen LogP) is -0.284. The molecule has 0 saturated heterocycles. The molecule has 0 saturated carbocycles. The van der Waals surface area contributed by atoms with Gasteiger partial charge >= 0.3 is 15.2 Å². The van der Waals surface area contributed by atoms with Gasteiger partial charge in [-0.1, -0.05) is 0 Å². The standard InChI is InChI=1S/C3H9NO6P2/c1-3(4-2,11(5,6)7)12(8,9)10/h2H2,1H3,(H2,5,6,7)(H2,8,9,10). The highest BCUT2D eigenvalue weighted by Crippen LogP contribution is 2.69. The number of hydrogen-bond donors (Lipinski definition) is 4. The lowest BCUT2D eigenvalue weighted by molar-refractivity contribution is 0.316. The van der Waals surface area contributed by atoms with Crippen molar-refractivity contribution in [2.45, 2.75) is 11.9 Å². The van der Waals surface area contributed by atoms with Crippen LogP contribution in [-0.2, 0) is 9.13 Å². The summed E-state index contributed by atoms with van der Waals surface area (Å²) < 4.78 is 21.2. The van der Waals surface area contributed by atoms with Gasteiger partial charge in [-0.15, -0.1) is 0 Å². The van der Waals surface area contributed by atoms with Gasteiger partial charge in [0.1, 0.15) is 0 Å². The number of rotatable bonds is 3. The SMILES string of the molecule is C=NC(C)(P(=O)(O)O)P(=O)(O)O. The highest BCUT2D eigenvalue weighted by atomic mass is 31.2. The lowest BCUT2D eigenvalue weighted by Gasteiger charge is -2.25. The highest BCUT2D eigenvalue weighted by molar-refractivity contribution is 7.72. The summed E-state index contributed by atoms with van der Waals surface area (Å²) in [5.74, 6) is 0. The summed E-state index contributed by atoms with van der Waals surface area (Å²) in [5.41, 5.74) is 0. The largest absolute Gasteiger partial charge is 0.365 e. The summed E-state index contributed by atoms with van der Waals surface area (Å²) in [5, 5.41) is -2.74. The van der Waals surface area contributed by atoms with Crippen LogP contribution in [0.5, 0.6) is 0 Å². The molecule has 0 aromatic heterocycles. The van der Waals surface area contributed by atoms with Crippen molar-refractivity contribution in [3.8, 4) is 0 Å². The van der Waals surface area contributed by atoms with Gasteiger partial charge in [0, 0.05) is 0 Å². The zero-order chi connectivity index (χ0) is 10.2. The van der Waals surface area contributed by atoms with E-state index in [2.05, 4.69) is 11.7 Å². The second kappa shape index (κ2) is 3.03. The first-order valence-electron chi connectivity index (χ1n) is 2.65. The molecule has 0 fully saturated rings. The van der Waals surface area contributed by atoms with E-state index in [4.69, 9.17) is 19.6 Å². The summed E-state index contributed by atoms with van der Waals surface area (Å²) in [4.78, 5) is 37.0. The maximum atomic E-state index is 10.6. The van der Waals surface area contributed by atoms with Crippen molar-refractivity contribution in [1.82, 2.24) is 0 Å². The average Bonchev–Trinajstić information content (AvgIpc) is 1.81. The van der Waals surface area contributed by atoms with Crippen LogP contribution >= 0.6 is 15.2 Å². The molecule has 0 bridgehead atoms. The van der Waals surface area contributed by atoms with Gasteiger partial charge in [0.25, 0.3) is 5.02 Å². The third-order valence-electron chi connectivity index (χ3n) is 1.40. The molecule has 12 heavy (non-hydrogen) atoms. The Balaban J connectivity index is 5.40. The first-order chi connectivity index (χ1) is 5.06. The molecule has 0 radical (unpaired) electrons. The van der Waals surface area contributed by atoms with Crippen LogP contribution in [0.4, 0.5) is 0 Å². The Hall–Kier alpha value is -0.0300. The van der Waals surface area contributed by atoms with Crippen LogP contribution in [0, 0.1) is 0 Å². The molecule has 72 valence electrons. The molecule has 0 aromatic carbocycles. The summed E-state index contributed by atoms with van der Waals surface area (Å²) in [6, 6.07) is 0. The molecule has 0 heterocycles. The summed E-state index contributed by atoms with van der Waals surface area (Å²) in [6.07, 6.45) is 0. The topological polar surface area (TPSA) is 127 Å². The van der Waals surface area contributed by atoms with E-state index in [0.717, 1.165) is 0 Å². The van der Waals surface area contributed by atoms with Crippen LogP contribution in [-0.4, -0.2) is 31.3 Å². The molecule has 0 aliphatic rings. The maximum absolute atomic E-state index is 10.6. The average molecular weight is 217 g/mol. The second-order valence-electron chi connectivity index (χ2n) is 2.22. The molecule has 7 nitrogen and oxygen atoms in total. The predicted molar refractivity (Wildman–Crippen MR) is 42.0 cm³/mol. The number of aliphatic imine (C=N–C) groups is 1. The molecule has 0 aliphatic carbocycles. The van der Waals surface area contributed by atoms with Gasteiger partial charge in [-0.3, -0.25) is 14.1 Å². The van der Waals surface area contributed by atoms with Crippen molar-refractivity contribution >= 4 is 21.9 Å². The number of nitrogens with zero attached hydrogens (tertiary/aromatic N) is 1. The minimum atomic E-state index is -5.00. The Morgan fingerprint density at radius 3 is 1.42 bits per heavy atom. The molecule has 0 aromatic rings. The van der Waals surface area contributed by atoms with Crippen LogP contribution in [0.25, 0.3) is 0 Å². The molecule has 0 amide bonds. The molecule has 0 atom stereocenters. The smallest absolute Gasteiger partial charge is 0.322 e. The molecule has 4 N–H and O–H groups in total. The van der Waals surface area contributed by atoms with Crippen molar-refractivity contribution in [2.75, 3.05) is 0 Å². The van der Waals surface area contributed by atoms with E-state index in [9.17, 15) is 9.13 Å². The first kappa shape index (κ1) is 12.0.